The van der Waals surface area contributed by atoms with E-state index in [0.717, 1.165) is 42.4 Å². The third-order valence-electron chi connectivity index (χ3n) is 4.31. The maximum Gasteiger partial charge on any atom is 0.236 e. The van der Waals surface area contributed by atoms with E-state index in [1.54, 1.807) is 6.20 Å². The monoisotopic (exact) mass is 400 g/mol. The Morgan fingerprint density at radius 3 is 2.96 bits per heavy atom. The number of ether oxygens (including phenoxy) is 1. The van der Waals surface area contributed by atoms with Gasteiger partial charge in [0.25, 0.3) is 0 Å². The first-order chi connectivity index (χ1) is 13.3. The molecule has 0 bridgehead atoms. The number of rotatable bonds is 7. The van der Waals surface area contributed by atoms with Crippen LogP contribution in [0.3, 0.4) is 0 Å². The van der Waals surface area contributed by atoms with Gasteiger partial charge in [-0.05, 0) is 18.4 Å². The first-order valence-corrected chi connectivity index (χ1v) is 10.7. The van der Waals surface area contributed by atoms with Gasteiger partial charge >= 0.3 is 0 Å². The van der Waals surface area contributed by atoms with E-state index in [1.807, 2.05) is 29.8 Å². The Morgan fingerprint density at radius 2 is 2.22 bits per heavy atom. The van der Waals surface area contributed by atoms with Crippen molar-refractivity contribution >= 4 is 34.1 Å². The molecule has 1 fully saturated rings. The van der Waals surface area contributed by atoms with Crippen LogP contribution >= 0.6 is 23.1 Å². The van der Waals surface area contributed by atoms with E-state index in [2.05, 4.69) is 32.0 Å². The molecule has 1 atom stereocenters. The number of thioether (sulfide) groups is 1. The second kappa shape index (κ2) is 8.69. The SMILES string of the molecule is O=C(CSc1ncc(-c2ccccc2)n1C[C@H]1CCCO1)Nc1nccs1. The number of thiazole rings is 1. The summed E-state index contributed by atoms with van der Waals surface area (Å²) in [6.07, 6.45) is 5.91. The molecule has 3 aromatic rings. The molecule has 1 aromatic carbocycles. The number of hydrogen-bond donors (Lipinski definition) is 1. The molecule has 3 heterocycles. The standard InChI is InChI=1S/C19H20N4O2S2/c24-17(22-18-20-8-10-26-18)13-27-19-21-11-16(14-5-2-1-3-6-14)23(19)12-15-7-4-9-25-15/h1-3,5-6,8,10-11,15H,4,7,9,12-13H2,(H,20,22,24)/t15-/m1/s1. The van der Waals surface area contributed by atoms with E-state index in [9.17, 15) is 4.79 Å². The summed E-state index contributed by atoms with van der Waals surface area (Å²) in [6.45, 7) is 1.57. The molecular formula is C19H20N4O2S2. The van der Waals surface area contributed by atoms with Crippen LogP contribution in [0.2, 0.25) is 0 Å². The first kappa shape index (κ1) is 18.2. The number of imidazole rings is 1. The second-order valence-electron chi connectivity index (χ2n) is 6.21. The van der Waals surface area contributed by atoms with Crippen LogP contribution in [0.5, 0.6) is 0 Å². The molecule has 1 saturated heterocycles. The summed E-state index contributed by atoms with van der Waals surface area (Å²) in [5.41, 5.74) is 2.16. The van der Waals surface area contributed by atoms with Gasteiger partial charge in [-0.2, -0.15) is 0 Å². The second-order valence-corrected chi connectivity index (χ2v) is 8.05. The minimum atomic E-state index is -0.0807. The molecule has 1 aliphatic rings. The predicted molar refractivity (Wildman–Crippen MR) is 108 cm³/mol. The van der Waals surface area contributed by atoms with Crippen molar-refractivity contribution in [1.29, 1.82) is 0 Å². The Hall–Kier alpha value is -2.16. The molecule has 0 unspecified atom stereocenters. The number of hydrogen-bond acceptors (Lipinski definition) is 6. The Balaban J connectivity index is 1.50. The van der Waals surface area contributed by atoms with E-state index < -0.39 is 0 Å². The number of carbonyl (C=O) groups excluding carboxylic acids is 1. The molecule has 8 heteroatoms. The van der Waals surface area contributed by atoms with Crippen LogP contribution in [0.25, 0.3) is 11.3 Å². The third-order valence-corrected chi connectivity index (χ3v) is 5.99. The van der Waals surface area contributed by atoms with Crippen LogP contribution in [-0.2, 0) is 16.1 Å². The molecule has 1 N–H and O–H groups in total. The number of carbonyl (C=O) groups is 1. The molecule has 1 aliphatic heterocycles. The number of aromatic nitrogens is 3. The van der Waals surface area contributed by atoms with E-state index in [0.29, 0.717) is 5.13 Å². The highest BCUT2D eigenvalue weighted by atomic mass is 32.2. The van der Waals surface area contributed by atoms with Gasteiger partial charge in [-0.3, -0.25) is 4.79 Å². The number of amides is 1. The minimum Gasteiger partial charge on any atom is -0.376 e. The molecule has 140 valence electrons. The lowest BCUT2D eigenvalue weighted by Crippen LogP contribution is -2.18. The molecule has 1 amide bonds. The Labute approximate surface area is 166 Å². The maximum absolute atomic E-state index is 12.2. The largest absolute Gasteiger partial charge is 0.376 e. The van der Waals surface area contributed by atoms with Gasteiger partial charge in [0.2, 0.25) is 5.91 Å². The quantitative estimate of drug-likeness (QED) is 0.609. The van der Waals surface area contributed by atoms with Gasteiger partial charge in [0.15, 0.2) is 10.3 Å². The zero-order chi connectivity index (χ0) is 18.5. The maximum atomic E-state index is 12.2. The van der Waals surface area contributed by atoms with Gasteiger partial charge < -0.3 is 14.6 Å². The van der Waals surface area contributed by atoms with E-state index in [1.165, 1.54) is 23.1 Å². The van der Waals surface area contributed by atoms with Crippen LogP contribution < -0.4 is 5.32 Å². The summed E-state index contributed by atoms with van der Waals surface area (Å²) < 4.78 is 8.00. The summed E-state index contributed by atoms with van der Waals surface area (Å²) in [5, 5.41) is 6.10. The summed E-state index contributed by atoms with van der Waals surface area (Å²) in [5.74, 6) is 0.207. The van der Waals surface area contributed by atoms with Crippen LogP contribution in [0, 0.1) is 0 Å². The number of nitrogens with zero attached hydrogens (tertiary/aromatic N) is 3. The zero-order valence-electron chi connectivity index (χ0n) is 14.7. The van der Waals surface area contributed by atoms with Crippen molar-refractivity contribution in [3.8, 4) is 11.3 Å². The van der Waals surface area contributed by atoms with Crippen molar-refractivity contribution in [3.05, 3.63) is 48.1 Å². The van der Waals surface area contributed by atoms with Crippen LogP contribution in [0.4, 0.5) is 5.13 Å². The highest BCUT2D eigenvalue weighted by molar-refractivity contribution is 7.99. The summed E-state index contributed by atoms with van der Waals surface area (Å²) >= 11 is 2.85. The van der Waals surface area contributed by atoms with Crippen molar-refractivity contribution in [1.82, 2.24) is 14.5 Å². The fraction of sp³-hybridized carbons (Fsp3) is 0.316. The molecule has 27 heavy (non-hydrogen) atoms. The van der Waals surface area contributed by atoms with E-state index in [4.69, 9.17) is 4.74 Å². The summed E-state index contributed by atoms with van der Waals surface area (Å²) in [6, 6.07) is 10.2. The van der Waals surface area contributed by atoms with Crippen molar-refractivity contribution in [3.63, 3.8) is 0 Å². The highest BCUT2D eigenvalue weighted by Crippen LogP contribution is 2.28. The highest BCUT2D eigenvalue weighted by Gasteiger charge is 2.21. The van der Waals surface area contributed by atoms with Crippen molar-refractivity contribution in [2.45, 2.75) is 30.6 Å². The average Bonchev–Trinajstić information content (AvgIpc) is 3.44. The molecule has 2 aromatic heterocycles. The van der Waals surface area contributed by atoms with Gasteiger partial charge in [0.05, 0.1) is 30.3 Å². The predicted octanol–water partition coefficient (Wildman–Crippen LogP) is 3.92. The lowest BCUT2D eigenvalue weighted by atomic mass is 10.1. The molecule has 0 saturated carbocycles. The molecular weight excluding hydrogens is 380 g/mol. The van der Waals surface area contributed by atoms with Gasteiger partial charge in [-0.1, -0.05) is 42.1 Å². The molecule has 6 nitrogen and oxygen atoms in total. The van der Waals surface area contributed by atoms with E-state index >= 15 is 0 Å². The summed E-state index contributed by atoms with van der Waals surface area (Å²) in [7, 11) is 0. The fourth-order valence-electron chi connectivity index (χ4n) is 3.05. The van der Waals surface area contributed by atoms with Crippen LogP contribution in [-0.4, -0.2) is 38.9 Å². The average molecular weight is 401 g/mol. The normalized spacial score (nSPS) is 16.5. The Kier molecular flexibility index (Phi) is 5.86. The van der Waals surface area contributed by atoms with Crippen molar-refractivity contribution in [2.75, 3.05) is 17.7 Å². The molecule has 0 spiro atoms. The van der Waals surface area contributed by atoms with Gasteiger partial charge in [-0.25, -0.2) is 9.97 Å². The van der Waals surface area contributed by atoms with Crippen molar-refractivity contribution < 1.29 is 9.53 Å². The molecule has 0 aliphatic carbocycles. The lowest BCUT2D eigenvalue weighted by Gasteiger charge is -2.16. The number of anilines is 1. The number of nitrogens with one attached hydrogen (secondary N) is 1. The number of benzene rings is 1. The van der Waals surface area contributed by atoms with Gasteiger partial charge in [0, 0.05) is 18.2 Å². The van der Waals surface area contributed by atoms with Crippen LogP contribution in [0.1, 0.15) is 12.8 Å². The van der Waals surface area contributed by atoms with Gasteiger partial charge in [-0.15, -0.1) is 11.3 Å². The fourth-order valence-corrected chi connectivity index (χ4v) is 4.39. The zero-order valence-corrected chi connectivity index (χ0v) is 16.3. The Morgan fingerprint density at radius 1 is 1.33 bits per heavy atom. The van der Waals surface area contributed by atoms with Gasteiger partial charge in [0.1, 0.15) is 0 Å². The lowest BCUT2D eigenvalue weighted by molar-refractivity contribution is -0.113. The van der Waals surface area contributed by atoms with E-state index in [-0.39, 0.29) is 17.8 Å². The third kappa shape index (κ3) is 4.58. The smallest absolute Gasteiger partial charge is 0.236 e. The molecule has 4 rings (SSSR count). The Bertz CT molecular complexity index is 875. The van der Waals surface area contributed by atoms with Crippen LogP contribution in [0.15, 0.2) is 53.3 Å². The minimum absolute atomic E-state index is 0.0807. The van der Waals surface area contributed by atoms with Crippen molar-refractivity contribution in [2.24, 2.45) is 0 Å². The molecule has 0 radical (unpaired) electrons. The summed E-state index contributed by atoms with van der Waals surface area (Å²) in [4.78, 5) is 20.9. The topological polar surface area (TPSA) is 69.0 Å². The first-order valence-electron chi connectivity index (χ1n) is 8.84.